The van der Waals surface area contributed by atoms with Gasteiger partial charge in [-0.2, -0.15) is 5.10 Å². The number of rotatable bonds is 3. The number of nitrogens with zero attached hydrogens (tertiary/aromatic N) is 2. The van der Waals surface area contributed by atoms with Crippen LogP contribution in [0.2, 0.25) is 0 Å². The van der Waals surface area contributed by atoms with Crippen LogP contribution in [0.5, 0.6) is 5.75 Å². The summed E-state index contributed by atoms with van der Waals surface area (Å²) in [5.41, 5.74) is 3.86. The minimum absolute atomic E-state index is 0.386. The Morgan fingerprint density at radius 2 is 2.30 bits per heavy atom. The molecule has 2 aliphatic heterocycles. The Hall–Kier alpha value is -2.01. The maximum absolute atomic E-state index is 5.90. The Morgan fingerprint density at radius 1 is 1.39 bits per heavy atom. The normalized spacial score (nSPS) is 22.7. The number of anilines is 1. The van der Waals surface area contributed by atoms with Gasteiger partial charge in [0.15, 0.2) is 0 Å². The van der Waals surface area contributed by atoms with Crippen molar-refractivity contribution in [2.45, 2.75) is 32.9 Å². The van der Waals surface area contributed by atoms with Gasteiger partial charge in [-0.25, -0.2) is 4.68 Å². The van der Waals surface area contributed by atoms with E-state index in [1.165, 1.54) is 16.7 Å². The first-order valence-corrected chi connectivity index (χ1v) is 8.43. The van der Waals surface area contributed by atoms with Crippen LogP contribution in [0.3, 0.4) is 0 Å². The maximum atomic E-state index is 5.90. The fraction of sp³-hybridized carbons (Fsp3) is 0.500. The minimum atomic E-state index is 0.386. The van der Waals surface area contributed by atoms with Crippen LogP contribution in [0.25, 0.3) is 0 Å². The van der Waals surface area contributed by atoms with Gasteiger partial charge >= 0.3 is 0 Å². The fourth-order valence-electron chi connectivity index (χ4n) is 3.72. The van der Waals surface area contributed by atoms with Crippen molar-refractivity contribution in [1.29, 1.82) is 0 Å². The van der Waals surface area contributed by atoms with Crippen molar-refractivity contribution in [3.63, 3.8) is 0 Å². The number of ether oxygens (including phenoxy) is 1. The molecule has 2 aromatic rings. The first-order chi connectivity index (χ1) is 11.2. The highest BCUT2D eigenvalue weighted by molar-refractivity contribution is 5.46. The van der Waals surface area contributed by atoms with E-state index in [1.807, 2.05) is 12.3 Å². The van der Waals surface area contributed by atoms with Gasteiger partial charge in [0, 0.05) is 49.6 Å². The third-order valence-electron chi connectivity index (χ3n) is 4.85. The summed E-state index contributed by atoms with van der Waals surface area (Å²) >= 11 is 0. The number of fused-ring (bicyclic) bond motifs is 2. The lowest BCUT2D eigenvalue weighted by Crippen LogP contribution is -2.38. The molecule has 1 aromatic heterocycles. The van der Waals surface area contributed by atoms with Crippen LogP contribution in [0.15, 0.2) is 24.4 Å². The van der Waals surface area contributed by atoms with E-state index < -0.39 is 0 Å². The molecule has 122 valence electrons. The maximum Gasteiger partial charge on any atom is 0.126 e. The van der Waals surface area contributed by atoms with Crippen LogP contribution in [0, 0.1) is 19.8 Å². The zero-order valence-corrected chi connectivity index (χ0v) is 13.8. The topological polar surface area (TPSA) is 51.1 Å². The van der Waals surface area contributed by atoms with Gasteiger partial charge in [-0.3, -0.25) is 0 Å². The number of aromatic nitrogens is 2. The third-order valence-corrected chi connectivity index (χ3v) is 4.85. The van der Waals surface area contributed by atoms with Gasteiger partial charge in [-0.1, -0.05) is 17.7 Å². The second-order valence-corrected chi connectivity index (χ2v) is 6.74. The SMILES string of the molecule is Cc1cc(C)c2c(c1)C(NCC1CNc3ccnn3C1)CCO2. The molecule has 5 nitrogen and oxygen atoms in total. The van der Waals surface area contributed by atoms with Crippen molar-refractivity contribution in [2.24, 2.45) is 5.92 Å². The number of hydrogen-bond donors (Lipinski definition) is 2. The van der Waals surface area contributed by atoms with Crippen molar-refractivity contribution in [3.05, 3.63) is 41.1 Å². The zero-order chi connectivity index (χ0) is 15.8. The van der Waals surface area contributed by atoms with Gasteiger partial charge in [0.2, 0.25) is 0 Å². The summed E-state index contributed by atoms with van der Waals surface area (Å²) in [5, 5.41) is 11.6. The molecule has 0 amide bonds. The molecule has 4 rings (SSSR count). The number of hydrogen-bond acceptors (Lipinski definition) is 4. The van der Waals surface area contributed by atoms with Crippen LogP contribution in [0.1, 0.15) is 29.2 Å². The molecule has 0 fully saturated rings. The highest BCUT2D eigenvalue weighted by Crippen LogP contribution is 2.35. The van der Waals surface area contributed by atoms with Crippen molar-refractivity contribution < 1.29 is 4.74 Å². The highest BCUT2D eigenvalue weighted by Gasteiger charge is 2.25. The van der Waals surface area contributed by atoms with E-state index in [0.29, 0.717) is 12.0 Å². The smallest absolute Gasteiger partial charge is 0.126 e. The van der Waals surface area contributed by atoms with Gasteiger partial charge < -0.3 is 15.4 Å². The summed E-state index contributed by atoms with van der Waals surface area (Å²) in [6, 6.07) is 6.88. The average molecular weight is 312 g/mol. The predicted octanol–water partition coefficient (Wildman–Crippen LogP) is 2.66. The fourth-order valence-corrected chi connectivity index (χ4v) is 3.72. The van der Waals surface area contributed by atoms with Crippen LogP contribution in [0.4, 0.5) is 5.82 Å². The van der Waals surface area contributed by atoms with E-state index in [-0.39, 0.29) is 0 Å². The molecule has 1 aromatic carbocycles. The van der Waals surface area contributed by atoms with Crippen molar-refractivity contribution in [2.75, 3.05) is 25.0 Å². The van der Waals surface area contributed by atoms with E-state index in [0.717, 1.165) is 44.2 Å². The van der Waals surface area contributed by atoms with Gasteiger partial charge in [0.25, 0.3) is 0 Å². The molecular weight excluding hydrogens is 288 g/mol. The second-order valence-electron chi connectivity index (χ2n) is 6.74. The van der Waals surface area contributed by atoms with E-state index in [2.05, 4.69) is 46.4 Å². The first kappa shape index (κ1) is 14.6. The molecule has 2 aliphatic rings. The summed E-state index contributed by atoms with van der Waals surface area (Å²) < 4.78 is 7.96. The second kappa shape index (κ2) is 5.89. The molecule has 0 spiro atoms. The summed E-state index contributed by atoms with van der Waals surface area (Å²) in [6.45, 7) is 8.05. The summed E-state index contributed by atoms with van der Waals surface area (Å²) in [7, 11) is 0. The van der Waals surface area contributed by atoms with Gasteiger partial charge in [0.1, 0.15) is 11.6 Å². The lowest BCUT2D eigenvalue weighted by molar-refractivity contribution is 0.244. The summed E-state index contributed by atoms with van der Waals surface area (Å²) in [4.78, 5) is 0. The number of nitrogens with one attached hydrogen (secondary N) is 2. The molecule has 0 radical (unpaired) electrons. The lowest BCUT2D eigenvalue weighted by Gasteiger charge is -2.31. The van der Waals surface area contributed by atoms with E-state index >= 15 is 0 Å². The predicted molar refractivity (Wildman–Crippen MR) is 91.0 cm³/mol. The first-order valence-electron chi connectivity index (χ1n) is 8.43. The number of aryl methyl sites for hydroxylation is 2. The quantitative estimate of drug-likeness (QED) is 0.915. The van der Waals surface area contributed by atoms with Crippen molar-refractivity contribution in [3.8, 4) is 5.75 Å². The van der Waals surface area contributed by atoms with Crippen molar-refractivity contribution >= 4 is 5.82 Å². The van der Waals surface area contributed by atoms with Crippen LogP contribution in [-0.2, 0) is 6.54 Å². The molecule has 0 aliphatic carbocycles. The van der Waals surface area contributed by atoms with Gasteiger partial charge in [-0.05, 0) is 19.4 Å². The highest BCUT2D eigenvalue weighted by atomic mass is 16.5. The minimum Gasteiger partial charge on any atom is -0.493 e. The largest absolute Gasteiger partial charge is 0.493 e. The standard InChI is InChI=1S/C18H24N4O/c1-12-7-13(2)18-15(8-12)16(4-6-23-18)19-9-14-10-20-17-3-5-21-22(17)11-14/h3,5,7-8,14,16,19-20H,4,6,9-11H2,1-2H3. The van der Waals surface area contributed by atoms with E-state index in [9.17, 15) is 0 Å². The zero-order valence-electron chi connectivity index (χ0n) is 13.8. The molecule has 2 unspecified atom stereocenters. The molecule has 2 N–H and O–H groups in total. The van der Waals surface area contributed by atoms with Crippen LogP contribution >= 0.6 is 0 Å². The summed E-state index contributed by atoms with van der Waals surface area (Å²) in [6.07, 6.45) is 2.89. The van der Waals surface area contributed by atoms with Gasteiger partial charge in [0.05, 0.1) is 12.8 Å². The Balaban J connectivity index is 1.45. The molecule has 2 atom stereocenters. The lowest BCUT2D eigenvalue weighted by atomic mass is 9.95. The van der Waals surface area contributed by atoms with Gasteiger partial charge in [-0.15, -0.1) is 0 Å². The molecule has 0 saturated heterocycles. The molecule has 23 heavy (non-hydrogen) atoms. The Kier molecular flexibility index (Phi) is 3.73. The molecule has 3 heterocycles. The Morgan fingerprint density at radius 3 is 3.22 bits per heavy atom. The monoisotopic (exact) mass is 312 g/mol. The number of benzene rings is 1. The molecule has 5 heteroatoms. The van der Waals surface area contributed by atoms with Crippen molar-refractivity contribution in [1.82, 2.24) is 15.1 Å². The average Bonchev–Trinajstić information content (AvgIpc) is 3.00. The Labute approximate surface area is 137 Å². The van der Waals surface area contributed by atoms with E-state index in [4.69, 9.17) is 4.74 Å². The molecular formula is C18H24N4O. The third kappa shape index (κ3) is 2.81. The molecule has 0 saturated carbocycles. The molecule has 0 bridgehead atoms. The Bertz CT molecular complexity index is 709. The van der Waals surface area contributed by atoms with Crippen LogP contribution < -0.4 is 15.4 Å². The van der Waals surface area contributed by atoms with E-state index in [1.54, 1.807) is 0 Å². The summed E-state index contributed by atoms with van der Waals surface area (Å²) in [5.74, 6) is 2.76. The van der Waals surface area contributed by atoms with Crippen LogP contribution in [-0.4, -0.2) is 29.5 Å².